The molecule has 0 atom stereocenters. The van der Waals surface area contributed by atoms with E-state index in [4.69, 9.17) is 9.84 Å². The van der Waals surface area contributed by atoms with E-state index in [1.165, 1.54) is 23.5 Å². The van der Waals surface area contributed by atoms with Gasteiger partial charge in [-0.05, 0) is 46.3 Å². The van der Waals surface area contributed by atoms with Crippen molar-refractivity contribution in [2.75, 3.05) is 0 Å². The molecule has 0 aliphatic rings. The van der Waals surface area contributed by atoms with Crippen LogP contribution in [0.15, 0.2) is 34.1 Å². The van der Waals surface area contributed by atoms with E-state index in [1.807, 2.05) is 12.1 Å². The summed E-state index contributed by atoms with van der Waals surface area (Å²) in [6.45, 7) is 0.252. The highest BCUT2D eigenvalue weighted by Crippen LogP contribution is 2.25. The zero-order chi connectivity index (χ0) is 13.1. The molecule has 0 bridgehead atoms. The van der Waals surface area contributed by atoms with Crippen LogP contribution in [0.1, 0.15) is 15.2 Å². The Morgan fingerprint density at radius 1 is 1.39 bits per heavy atom. The van der Waals surface area contributed by atoms with E-state index in [0.717, 1.165) is 14.7 Å². The van der Waals surface area contributed by atoms with Crippen LogP contribution < -0.4 is 4.74 Å². The molecule has 0 saturated carbocycles. The van der Waals surface area contributed by atoms with E-state index >= 15 is 0 Å². The number of rotatable bonds is 4. The Morgan fingerprint density at radius 3 is 2.78 bits per heavy atom. The Labute approximate surface area is 115 Å². The lowest BCUT2D eigenvalue weighted by molar-refractivity contribution is 0.0691. The van der Waals surface area contributed by atoms with E-state index in [9.17, 15) is 9.18 Å². The molecule has 1 aromatic carbocycles. The summed E-state index contributed by atoms with van der Waals surface area (Å²) in [5.74, 6) is -1.65. The van der Waals surface area contributed by atoms with Crippen LogP contribution in [-0.4, -0.2) is 11.1 Å². The smallest absolute Gasteiger partial charge is 0.339 e. The van der Waals surface area contributed by atoms with Gasteiger partial charge in [0.2, 0.25) is 0 Å². The number of carboxylic acids is 1. The van der Waals surface area contributed by atoms with E-state index < -0.39 is 11.8 Å². The first-order valence-corrected chi connectivity index (χ1v) is 6.57. The number of halogens is 2. The summed E-state index contributed by atoms with van der Waals surface area (Å²) in [6.07, 6.45) is 0. The van der Waals surface area contributed by atoms with Crippen molar-refractivity contribution in [1.29, 1.82) is 0 Å². The highest BCUT2D eigenvalue weighted by atomic mass is 79.9. The fourth-order valence-electron chi connectivity index (χ4n) is 1.37. The van der Waals surface area contributed by atoms with Gasteiger partial charge in [-0.25, -0.2) is 9.18 Å². The van der Waals surface area contributed by atoms with Gasteiger partial charge in [0.05, 0.1) is 3.79 Å². The average molecular weight is 331 g/mol. The van der Waals surface area contributed by atoms with Crippen molar-refractivity contribution in [1.82, 2.24) is 0 Å². The quantitative estimate of drug-likeness (QED) is 0.923. The Hall–Kier alpha value is -1.40. The molecule has 0 aliphatic heterocycles. The fraction of sp³-hybridized carbons (Fsp3) is 0.0833. The third kappa shape index (κ3) is 3.08. The predicted molar refractivity (Wildman–Crippen MR) is 69.7 cm³/mol. The van der Waals surface area contributed by atoms with Gasteiger partial charge >= 0.3 is 5.97 Å². The highest BCUT2D eigenvalue weighted by Gasteiger charge is 2.12. The molecule has 6 heteroatoms. The molecule has 0 spiro atoms. The van der Waals surface area contributed by atoms with E-state index in [0.29, 0.717) is 0 Å². The third-order valence-corrected chi connectivity index (χ3v) is 3.77. The van der Waals surface area contributed by atoms with E-state index in [2.05, 4.69) is 15.9 Å². The Bertz CT molecular complexity index is 582. The summed E-state index contributed by atoms with van der Waals surface area (Å²) < 4.78 is 19.3. The van der Waals surface area contributed by atoms with Crippen LogP contribution in [0, 0.1) is 5.82 Å². The van der Waals surface area contributed by atoms with Crippen molar-refractivity contribution in [3.8, 4) is 5.75 Å². The minimum Gasteiger partial charge on any atom is -0.487 e. The number of thiophene rings is 1. The SMILES string of the molecule is O=C(O)c1cc(F)ccc1OCc1ccc(Br)s1. The molecule has 0 aliphatic carbocycles. The van der Waals surface area contributed by atoms with Crippen LogP contribution >= 0.6 is 27.3 Å². The maximum absolute atomic E-state index is 13.0. The first-order chi connectivity index (χ1) is 8.56. The molecule has 2 aromatic rings. The second-order valence-electron chi connectivity index (χ2n) is 3.44. The van der Waals surface area contributed by atoms with Crippen LogP contribution in [0.25, 0.3) is 0 Å². The molecule has 0 fully saturated rings. The van der Waals surface area contributed by atoms with Crippen LogP contribution in [0.2, 0.25) is 0 Å². The number of carbonyl (C=O) groups is 1. The second kappa shape index (κ2) is 5.49. The van der Waals surface area contributed by atoms with Crippen molar-refractivity contribution in [3.63, 3.8) is 0 Å². The summed E-state index contributed by atoms with van der Waals surface area (Å²) >= 11 is 4.82. The summed E-state index contributed by atoms with van der Waals surface area (Å²) in [5.41, 5.74) is -0.175. The topological polar surface area (TPSA) is 46.5 Å². The first kappa shape index (κ1) is 13.0. The van der Waals surface area contributed by atoms with Gasteiger partial charge in [0.25, 0.3) is 0 Å². The highest BCUT2D eigenvalue weighted by molar-refractivity contribution is 9.11. The van der Waals surface area contributed by atoms with Crippen molar-refractivity contribution in [2.45, 2.75) is 6.61 Å². The molecule has 0 amide bonds. The van der Waals surface area contributed by atoms with Crippen LogP contribution in [0.3, 0.4) is 0 Å². The van der Waals surface area contributed by atoms with Crippen LogP contribution in [-0.2, 0) is 6.61 Å². The van der Waals surface area contributed by atoms with Gasteiger partial charge in [0.1, 0.15) is 23.7 Å². The number of hydrogen-bond acceptors (Lipinski definition) is 3. The summed E-state index contributed by atoms with van der Waals surface area (Å²) in [7, 11) is 0. The number of ether oxygens (including phenoxy) is 1. The average Bonchev–Trinajstić information content (AvgIpc) is 2.73. The Balaban J connectivity index is 2.16. The van der Waals surface area contributed by atoms with Gasteiger partial charge in [-0.2, -0.15) is 0 Å². The van der Waals surface area contributed by atoms with Crippen molar-refractivity contribution in [2.24, 2.45) is 0 Å². The third-order valence-electron chi connectivity index (χ3n) is 2.17. The molecule has 1 N–H and O–H groups in total. The molecule has 1 aromatic heterocycles. The van der Waals surface area contributed by atoms with Gasteiger partial charge in [0.15, 0.2) is 0 Å². The van der Waals surface area contributed by atoms with Gasteiger partial charge in [-0.3, -0.25) is 0 Å². The minimum absolute atomic E-state index is 0.161. The van der Waals surface area contributed by atoms with Crippen LogP contribution in [0.5, 0.6) is 5.75 Å². The molecule has 94 valence electrons. The second-order valence-corrected chi connectivity index (χ2v) is 5.99. The molecule has 0 radical (unpaired) electrons. The molecular weight excluding hydrogens is 323 g/mol. The van der Waals surface area contributed by atoms with E-state index in [-0.39, 0.29) is 17.9 Å². The summed E-state index contributed by atoms with van der Waals surface area (Å²) in [5, 5.41) is 8.94. The summed E-state index contributed by atoms with van der Waals surface area (Å²) in [6, 6.07) is 7.19. The fourth-order valence-corrected chi connectivity index (χ4v) is 2.77. The number of aromatic carboxylic acids is 1. The largest absolute Gasteiger partial charge is 0.487 e. The van der Waals surface area contributed by atoms with Crippen molar-refractivity contribution < 1.29 is 19.0 Å². The summed E-state index contributed by atoms with van der Waals surface area (Å²) in [4.78, 5) is 11.9. The molecule has 2 rings (SSSR count). The maximum atomic E-state index is 13.0. The monoisotopic (exact) mass is 330 g/mol. The van der Waals surface area contributed by atoms with Crippen molar-refractivity contribution >= 4 is 33.2 Å². The normalized spacial score (nSPS) is 10.3. The predicted octanol–water partition coefficient (Wildman–Crippen LogP) is 3.93. The standard InChI is InChI=1S/C12H8BrFO3S/c13-11-4-2-8(18-11)6-17-10-3-1-7(14)5-9(10)12(15)16/h1-5H,6H2,(H,15,16). The number of carboxylic acid groups (broad SMARTS) is 1. The molecule has 1 heterocycles. The Kier molecular flexibility index (Phi) is 3.98. The molecule has 3 nitrogen and oxygen atoms in total. The number of benzene rings is 1. The van der Waals surface area contributed by atoms with Gasteiger partial charge in [-0.15, -0.1) is 11.3 Å². The molecular formula is C12H8BrFO3S. The lowest BCUT2D eigenvalue weighted by atomic mass is 10.2. The number of hydrogen-bond donors (Lipinski definition) is 1. The lowest BCUT2D eigenvalue weighted by Crippen LogP contribution is -2.03. The van der Waals surface area contributed by atoms with Gasteiger partial charge < -0.3 is 9.84 Å². The first-order valence-electron chi connectivity index (χ1n) is 4.96. The van der Waals surface area contributed by atoms with Crippen LogP contribution in [0.4, 0.5) is 4.39 Å². The minimum atomic E-state index is -1.21. The molecule has 18 heavy (non-hydrogen) atoms. The Morgan fingerprint density at radius 2 is 2.17 bits per heavy atom. The zero-order valence-corrected chi connectivity index (χ0v) is 11.4. The molecule has 0 unspecified atom stereocenters. The van der Waals surface area contributed by atoms with Gasteiger partial charge in [0, 0.05) is 4.88 Å². The maximum Gasteiger partial charge on any atom is 0.339 e. The molecule has 0 saturated heterocycles. The van der Waals surface area contributed by atoms with Gasteiger partial charge in [-0.1, -0.05) is 0 Å². The van der Waals surface area contributed by atoms with E-state index in [1.54, 1.807) is 0 Å². The lowest BCUT2D eigenvalue weighted by Gasteiger charge is -2.07. The zero-order valence-electron chi connectivity index (χ0n) is 9.02. The van der Waals surface area contributed by atoms with Crippen molar-refractivity contribution in [3.05, 3.63) is 50.4 Å².